The largest absolute Gasteiger partial charge is 0.346 e. The summed E-state index contributed by atoms with van der Waals surface area (Å²) in [5, 5.41) is 0. The summed E-state index contributed by atoms with van der Waals surface area (Å²) >= 11 is 0. The first-order chi connectivity index (χ1) is 5.61. The molecular weight excluding hydrogens is 150 g/mol. The van der Waals surface area contributed by atoms with Gasteiger partial charge in [0.2, 0.25) is 5.91 Å². The molecule has 0 aromatic rings. The Hall–Kier alpha value is -0.530. The molecule has 2 nitrogen and oxygen atoms in total. The number of amides is 1. The molecule has 2 heteroatoms. The van der Waals surface area contributed by atoms with E-state index in [9.17, 15) is 4.79 Å². The predicted molar refractivity (Wildman–Crippen MR) is 49.8 cm³/mol. The fraction of sp³-hybridized carbons (Fsp3) is 0.900. The van der Waals surface area contributed by atoms with Crippen molar-refractivity contribution < 1.29 is 4.79 Å². The molecule has 0 bridgehead atoms. The van der Waals surface area contributed by atoms with E-state index in [1.54, 1.807) is 0 Å². The summed E-state index contributed by atoms with van der Waals surface area (Å²) in [6, 6.07) is 0. The average molecular weight is 169 g/mol. The van der Waals surface area contributed by atoms with Crippen LogP contribution in [0.2, 0.25) is 0 Å². The number of nitrogens with zero attached hydrogens (tertiary/aromatic N) is 1. The van der Waals surface area contributed by atoms with Crippen LogP contribution in [0.4, 0.5) is 0 Å². The SMILES string of the molecule is CC(C)CCN(C)C(=O)C1CC1. The molecule has 12 heavy (non-hydrogen) atoms. The minimum absolute atomic E-state index is 0.357. The van der Waals surface area contributed by atoms with Crippen molar-refractivity contribution in [3.63, 3.8) is 0 Å². The Morgan fingerprint density at radius 1 is 1.50 bits per heavy atom. The van der Waals surface area contributed by atoms with E-state index in [0.29, 0.717) is 17.7 Å². The van der Waals surface area contributed by atoms with Crippen LogP contribution in [0.25, 0.3) is 0 Å². The second-order valence-electron chi connectivity index (χ2n) is 4.22. The van der Waals surface area contributed by atoms with Gasteiger partial charge >= 0.3 is 0 Å². The predicted octanol–water partition coefficient (Wildman–Crippen LogP) is 1.90. The topological polar surface area (TPSA) is 20.3 Å². The molecular formula is C10H19NO. The van der Waals surface area contributed by atoms with E-state index in [1.807, 2.05) is 11.9 Å². The van der Waals surface area contributed by atoms with Gasteiger partial charge in [-0.25, -0.2) is 0 Å². The third-order valence-corrected chi connectivity index (χ3v) is 2.34. The normalized spacial score (nSPS) is 16.7. The van der Waals surface area contributed by atoms with Crippen molar-refractivity contribution in [2.24, 2.45) is 11.8 Å². The molecule has 0 N–H and O–H groups in total. The van der Waals surface area contributed by atoms with E-state index < -0.39 is 0 Å². The van der Waals surface area contributed by atoms with E-state index in [1.165, 1.54) is 0 Å². The van der Waals surface area contributed by atoms with Crippen molar-refractivity contribution in [2.75, 3.05) is 13.6 Å². The summed E-state index contributed by atoms with van der Waals surface area (Å²) < 4.78 is 0. The van der Waals surface area contributed by atoms with Crippen molar-refractivity contribution in [2.45, 2.75) is 33.1 Å². The lowest BCUT2D eigenvalue weighted by molar-refractivity contribution is -0.131. The smallest absolute Gasteiger partial charge is 0.225 e. The van der Waals surface area contributed by atoms with Crippen LogP contribution in [0.5, 0.6) is 0 Å². The fourth-order valence-corrected chi connectivity index (χ4v) is 1.20. The maximum atomic E-state index is 11.4. The molecule has 1 saturated carbocycles. The Bertz CT molecular complexity index is 161. The van der Waals surface area contributed by atoms with E-state index in [2.05, 4.69) is 13.8 Å². The molecule has 0 radical (unpaired) electrons. The minimum atomic E-state index is 0.357. The summed E-state index contributed by atoms with van der Waals surface area (Å²) in [4.78, 5) is 13.3. The van der Waals surface area contributed by atoms with Crippen molar-refractivity contribution in [3.8, 4) is 0 Å². The molecule has 0 aliphatic heterocycles. The van der Waals surface area contributed by atoms with Crippen LogP contribution >= 0.6 is 0 Å². The van der Waals surface area contributed by atoms with Gasteiger partial charge in [-0.05, 0) is 25.2 Å². The summed E-state index contributed by atoms with van der Waals surface area (Å²) in [7, 11) is 1.92. The van der Waals surface area contributed by atoms with Gasteiger partial charge in [0.25, 0.3) is 0 Å². The summed E-state index contributed by atoms with van der Waals surface area (Å²) in [6.45, 7) is 5.30. The first kappa shape index (κ1) is 9.56. The number of carbonyl (C=O) groups is 1. The van der Waals surface area contributed by atoms with Crippen LogP contribution in [0, 0.1) is 11.8 Å². The van der Waals surface area contributed by atoms with E-state index >= 15 is 0 Å². The Morgan fingerprint density at radius 3 is 2.50 bits per heavy atom. The van der Waals surface area contributed by atoms with Gasteiger partial charge in [-0.15, -0.1) is 0 Å². The number of rotatable bonds is 4. The Balaban J connectivity index is 2.17. The van der Waals surface area contributed by atoms with Gasteiger partial charge in [0.15, 0.2) is 0 Å². The molecule has 70 valence electrons. The van der Waals surface area contributed by atoms with Gasteiger partial charge in [-0.1, -0.05) is 13.8 Å². The van der Waals surface area contributed by atoms with Crippen LogP contribution < -0.4 is 0 Å². The lowest BCUT2D eigenvalue weighted by Crippen LogP contribution is -2.29. The third-order valence-electron chi connectivity index (χ3n) is 2.34. The molecule has 1 amide bonds. The van der Waals surface area contributed by atoms with Gasteiger partial charge in [0.05, 0.1) is 0 Å². The summed E-state index contributed by atoms with van der Waals surface area (Å²) in [6.07, 6.45) is 3.35. The highest BCUT2D eigenvalue weighted by atomic mass is 16.2. The van der Waals surface area contributed by atoms with Crippen LogP contribution in [0.15, 0.2) is 0 Å². The molecule has 0 heterocycles. The van der Waals surface area contributed by atoms with Gasteiger partial charge < -0.3 is 4.90 Å². The van der Waals surface area contributed by atoms with Gasteiger partial charge in [-0.3, -0.25) is 4.79 Å². The maximum absolute atomic E-state index is 11.4. The van der Waals surface area contributed by atoms with E-state index in [-0.39, 0.29) is 0 Å². The van der Waals surface area contributed by atoms with Gasteiger partial charge in [0, 0.05) is 19.5 Å². The molecule has 0 unspecified atom stereocenters. The maximum Gasteiger partial charge on any atom is 0.225 e. The summed E-state index contributed by atoms with van der Waals surface area (Å²) in [5.41, 5.74) is 0. The van der Waals surface area contributed by atoms with Gasteiger partial charge in [-0.2, -0.15) is 0 Å². The van der Waals surface area contributed by atoms with Crippen LogP contribution in [0.1, 0.15) is 33.1 Å². The average Bonchev–Trinajstić information content (AvgIpc) is 2.80. The Morgan fingerprint density at radius 2 is 2.08 bits per heavy atom. The van der Waals surface area contributed by atoms with Crippen molar-refractivity contribution in [1.82, 2.24) is 4.90 Å². The molecule has 0 aromatic carbocycles. The monoisotopic (exact) mass is 169 g/mol. The van der Waals surface area contributed by atoms with Crippen molar-refractivity contribution in [1.29, 1.82) is 0 Å². The molecule has 1 rings (SSSR count). The number of hydrogen-bond acceptors (Lipinski definition) is 1. The molecule has 0 saturated heterocycles. The molecule has 1 fully saturated rings. The fourth-order valence-electron chi connectivity index (χ4n) is 1.20. The van der Waals surface area contributed by atoms with Crippen LogP contribution in [0.3, 0.4) is 0 Å². The second-order valence-corrected chi connectivity index (χ2v) is 4.22. The minimum Gasteiger partial charge on any atom is -0.346 e. The highest BCUT2D eigenvalue weighted by Gasteiger charge is 2.31. The zero-order valence-corrected chi connectivity index (χ0v) is 8.34. The third kappa shape index (κ3) is 2.84. The second kappa shape index (κ2) is 3.92. The standard InChI is InChI=1S/C10H19NO/c1-8(2)6-7-11(3)10(12)9-4-5-9/h8-9H,4-7H2,1-3H3. The zero-order valence-electron chi connectivity index (χ0n) is 8.34. The lowest BCUT2D eigenvalue weighted by atomic mass is 10.1. The van der Waals surface area contributed by atoms with E-state index in [0.717, 1.165) is 25.8 Å². The van der Waals surface area contributed by atoms with Crippen LogP contribution in [-0.4, -0.2) is 24.4 Å². The molecule has 0 spiro atoms. The highest BCUT2D eigenvalue weighted by molar-refractivity contribution is 5.80. The zero-order chi connectivity index (χ0) is 9.14. The summed E-state index contributed by atoms with van der Waals surface area (Å²) in [5.74, 6) is 1.43. The van der Waals surface area contributed by atoms with Crippen molar-refractivity contribution >= 4 is 5.91 Å². The van der Waals surface area contributed by atoms with Crippen LogP contribution in [-0.2, 0) is 4.79 Å². The van der Waals surface area contributed by atoms with Crippen molar-refractivity contribution in [3.05, 3.63) is 0 Å². The Kier molecular flexibility index (Phi) is 3.12. The van der Waals surface area contributed by atoms with E-state index in [4.69, 9.17) is 0 Å². The number of hydrogen-bond donors (Lipinski definition) is 0. The lowest BCUT2D eigenvalue weighted by Gasteiger charge is -2.17. The van der Waals surface area contributed by atoms with Gasteiger partial charge in [0.1, 0.15) is 0 Å². The quantitative estimate of drug-likeness (QED) is 0.629. The highest BCUT2D eigenvalue weighted by Crippen LogP contribution is 2.30. The Labute approximate surface area is 74.9 Å². The number of carbonyl (C=O) groups excluding carboxylic acids is 1. The molecule has 0 aromatic heterocycles. The first-order valence-electron chi connectivity index (χ1n) is 4.86. The molecule has 1 aliphatic carbocycles. The first-order valence-corrected chi connectivity index (χ1v) is 4.86. The molecule has 0 atom stereocenters. The molecule has 1 aliphatic rings.